The number of H-pyrrole nitrogens is 2. The lowest BCUT2D eigenvalue weighted by Crippen LogP contribution is -2.21. The van der Waals surface area contributed by atoms with E-state index in [9.17, 15) is 14.0 Å². The van der Waals surface area contributed by atoms with Crippen LogP contribution in [0.5, 0.6) is 0 Å². The van der Waals surface area contributed by atoms with Crippen molar-refractivity contribution >= 4 is 23.3 Å². The summed E-state index contributed by atoms with van der Waals surface area (Å²) in [5.41, 5.74) is -0.850. The molecule has 6 heteroatoms. The molecule has 0 spiro atoms. The Morgan fingerprint density at radius 1 is 1.14 bits per heavy atom. The molecule has 1 heterocycles. The Bertz CT molecular complexity index is 575. The quantitative estimate of drug-likeness (QED) is 0.683. The second-order valence-electron chi connectivity index (χ2n) is 2.60. The number of aromatic amines is 2. The minimum atomic E-state index is -0.593. The van der Waals surface area contributed by atoms with Gasteiger partial charge in [0.1, 0.15) is 5.82 Å². The van der Waals surface area contributed by atoms with Gasteiger partial charge in [0.05, 0.1) is 10.9 Å². The van der Waals surface area contributed by atoms with Crippen molar-refractivity contribution in [1.82, 2.24) is 9.97 Å². The lowest BCUT2D eigenvalue weighted by molar-refractivity contribution is 0.629. The number of rotatable bonds is 0. The molecule has 14 heavy (non-hydrogen) atoms. The summed E-state index contributed by atoms with van der Waals surface area (Å²) in [6.45, 7) is 0. The van der Waals surface area contributed by atoms with E-state index in [2.05, 4.69) is 4.98 Å². The monoisotopic (exact) mass is 216 g/mol. The number of benzene rings is 1. The first kappa shape index (κ1) is 10.5. The zero-order valence-electron chi connectivity index (χ0n) is 6.83. The van der Waals surface area contributed by atoms with Crippen LogP contribution in [-0.2, 0) is 0 Å². The van der Waals surface area contributed by atoms with Crippen molar-refractivity contribution in [2.24, 2.45) is 0 Å². The molecule has 4 nitrogen and oxygen atoms in total. The minimum Gasteiger partial charge on any atom is -0.307 e. The molecule has 0 radical (unpaired) electrons. The second-order valence-corrected chi connectivity index (χ2v) is 2.60. The molecule has 0 amide bonds. The van der Waals surface area contributed by atoms with Crippen LogP contribution < -0.4 is 11.2 Å². The Labute approximate surface area is 83.2 Å². The van der Waals surface area contributed by atoms with Gasteiger partial charge in [0.25, 0.3) is 5.56 Å². The molecule has 2 rings (SSSR count). The maximum Gasteiger partial charge on any atom is 0.326 e. The zero-order chi connectivity index (χ0) is 9.42. The number of aromatic nitrogens is 2. The molecule has 0 atom stereocenters. The molecular weight excluding hydrogens is 211 g/mol. The van der Waals surface area contributed by atoms with Crippen LogP contribution >= 0.6 is 12.4 Å². The van der Waals surface area contributed by atoms with E-state index in [4.69, 9.17) is 0 Å². The number of fused-ring (bicyclic) bond motifs is 1. The van der Waals surface area contributed by atoms with Crippen LogP contribution in [0.3, 0.4) is 0 Å². The first-order valence-corrected chi connectivity index (χ1v) is 3.59. The van der Waals surface area contributed by atoms with Crippen LogP contribution in [0, 0.1) is 5.82 Å². The van der Waals surface area contributed by atoms with Crippen LogP contribution in [0.15, 0.2) is 27.8 Å². The van der Waals surface area contributed by atoms with E-state index in [0.717, 1.165) is 6.07 Å². The summed E-state index contributed by atoms with van der Waals surface area (Å²) in [4.78, 5) is 26.3. The molecule has 0 aliphatic heterocycles. The van der Waals surface area contributed by atoms with Crippen LogP contribution in [0.4, 0.5) is 4.39 Å². The molecular formula is C8H6ClFN2O2. The van der Waals surface area contributed by atoms with Gasteiger partial charge in [-0.05, 0) is 18.2 Å². The SMILES string of the molecule is Cl.O=c1[nH]c(=O)c2cc(F)ccc2[nH]1. The van der Waals surface area contributed by atoms with E-state index in [1.54, 1.807) is 0 Å². The smallest absolute Gasteiger partial charge is 0.307 e. The number of nitrogens with one attached hydrogen (secondary N) is 2. The molecule has 2 N–H and O–H groups in total. The summed E-state index contributed by atoms with van der Waals surface area (Å²) in [6.07, 6.45) is 0. The molecule has 0 saturated heterocycles. The molecule has 0 aliphatic carbocycles. The van der Waals surface area contributed by atoms with E-state index in [1.165, 1.54) is 12.1 Å². The number of halogens is 2. The van der Waals surface area contributed by atoms with Crippen LogP contribution in [0.1, 0.15) is 0 Å². The normalized spacial score (nSPS) is 9.79. The number of hydrogen-bond acceptors (Lipinski definition) is 2. The summed E-state index contributed by atoms with van der Waals surface area (Å²) in [6, 6.07) is 3.60. The van der Waals surface area contributed by atoms with Crippen molar-refractivity contribution in [3.8, 4) is 0 Å². The van der Waals surface area contributed by atoms with Crippen LogP contribution in [0.2, 0.25) is 0 Å². The first-order chi connectivity index (χ1) is 6.16. The minimum absolute atomic E-state index is 0. The van der Waals surface area contributed by atoms with Crippen molar-refractivity contribution in [1.29, 1.82) is 0 Å². The fourth-order valence-corrected chi connectivity index (χ4v) is 1.14. The average Bonchev–Trinajstić information content (AvgIpc) is 2.06. The van der Waals surface area contributed by atoms with Crippen molar-refractivity contribution < 1.29 is 4.39 Å². The van der Waals surface area contributed by atoms with E-state index >= 15 is 0 Å². The van der Waals surface area contributed by atoms with E-state index in [0.29, 0.717) is 5.52 Å². The molecule has 0 bridgehead atoms. The molecule has 0 saturated carbocycles. The van der Waals surface area contributed by atoms with Gasteiger partial charge in [-0.15, -0.1) is 12.4 Å². The largest absolute Gasteiger partial charge is 0.326 e. The summed E-state index contributed by atoms with van der Waals surface area (Å²) < 4.78 is 12.7. The Morgan fingerprint density at radius 2 is 1.86 bits per heavy atom. The summed E-state index contributed by atoms with van der Waals surface area (Å²) in [5, 5.41) is 0.139. The number of hydrogen-bond donors (Lipinski definition) is 2. The zero-order valence-corrected chi connectivity index (χ0v) is 7.65. The van der Waals surface area contributed by atoms with Gasteiger partial charge >= 0.3 is 5.69 Å². The Balaban J connectivity index is 0.000000980. The highest BCUT2D eigenvalue weighted by atomic mass is 35.5. The van der Waals surface area contributed by atoms with Gasteiger partial charge in [-0.3, -0.25) is 9.78 Å². The predicted octanol–water partition coefficient (Wildman–Crippen LogP) is 0.777. The van der Waals surface area contributed by atoms with Gasteiger partial charge in [0, 0.05) is 0 Å². The van der Waals surface area contributed by atoms with Gasteiger partial charge < -0.3 is 4.98 Å². The van der Waals surface area contributed by atoms with Gasteiger partial charge in [0.2, 0.25) is 0 Å². The van der Waals surface area contributed by atoms with Gasteiger partial charge in [-0.25, -0.2) is 9.18 Å². The molecule has 1 aromatic heterocycles. The third kappa shape index (κ3) is 1.67. The lowest BCUT2D eigenvalue weighted by atomic mass is 10.2. The Morgan fingerprint density at radius 3 is 2.57 bits per heavy atom. The highest BCUT2D eigenvalue weighted by molar-refractivity contribution is 5.85. The topological polar surface area (TPSA) is 65.7 Å². The van der Waals surface area contributed by atoms with Crippen LogP contribution in [-0.4, -0.2) is 9.97 Å². The fraction of sp³-hybridized carbons (Fsp3) is 0. The third-order valence-electron chi connectivity index (χ3n) is 1.70. The lowest BCUT2D eigenvalue weighted by Gasteiger charge is -1.94. The van der Waals surface area contributed by atoms with E-state index < -0.39 is 17.1 Å². The van der Waals surface area contributed by atoms with Gasteiger partial charge in [0.15, 0.2) is 0 Å². The first-order valence-electron chi connectivity index (χ1n) is 3.59. The van der Waals surface area contributed by atoms with Crippen LogP contribution in [0.25, 0.3) is 10.9 Å². The molecule has 0 aliphatic rings. The summed E-state index contributed by atoms with van der Waals surface area (Å²) in [5.74, 6) is -0.509. The van der Waals surface area contributed by atoms with Gasteiger partial charge in [-0.1, -0.05) is 0 Å². The molecule has 1 aromatic carbocycles. The van der Waals surface area contributed by atoms with E-state index in [1.807, 2.05) is 4.98 Å². The summed E-state index contributed by atoms with van der Waals surface area (Å²) >= 11 is 0. The maximum atomic E-state index is 12.7. The predicted molar refractivity (Wildman–Crippen MR) is 52.4 cm³/mol. The highest BCUT2D eigenvalue weighted by Crippen LogP contribution is 2.06. The molecule has 0 unspecified atom stereocenters. The fourth-order valence-electron chi connectivity index (χ4n) is 1.14. The van der Waals surface area contributed by atoms with Crippen molar-refractivity contribution in [2.75, 3.05) is 0 Å². The third-order valence-corrected chi connectivity index (χ3v) is 1.70. The van der Waals surface area contributed by atoms with Crippen molar-refractivity contribution in [2.45, 2.75) is 0 Å². The van der Waals surface area contributed by atoms with Crippen molar-refractivity contribution in [3.63, 3.8) is 0 Å². The Hall–Kier alpha value is -1.62. The molecule has 0 fully saturated rings. The molecule has 74 valence electrons. The Kier molecular flexibility index (Phi) is 2.71. The standard InChI is InChI=1S/C8H5FN2O2.ClH/c9-4-1-2-6-5(3-4)7(12)11-8(13)10-6;/h1-3H,(H2,10,11,12,13);1H. The van der Waals surface area contributed by atoms with Crippen molar-refractivity contribution in [3.05, 3.63) is 44.9 Å². The average molecular weight is 217 g/mol. The highest BCUT2D eigenvalue weighted by Gasteiger charge is 2.00. The second kappa shape index (κ2) is 3.63. The van der Waals surface area contributed by atoms with Gasteiger partial charge in [-0.2, -0.15) is 0 Å². The molecule has 2 aromatic rings. The maximum absolute atomic E-state index is 12.7. The van der Waals surface area contributed by atoms with E-state index in [-0.39, 0.29) is 17.8 Å². The summed E-state index contributed by atoms with van der Waals surface area (Å²) in [7, 11) is 0.